The van der Waals surface area contributed by atoms with Crippen LogP contribution in [0.3, 0.4) is 0 Å². The molecule has 0 bridgehead atoms. The molecule has 2 rings (SSSR count). The Bertz CT molecular complexity index is 582. The predicted molar refractivity (Wildman–Crippen MR) is 81.5 cm³/mol. The summed E-state index contributed by atoms with van der Waals surface area (Å²) in [5.74, 6) is 0.328. The lowest BCUT2D eigenvalue weighted by atomic mass is 10.2. The van der Waals surface area contributed by atoms with Crippen LogP contribution in [-0.4, -0.2) is 36.1 Å². The summed E-state index contributed by atoms with van der Waals surface area (Å²) < 4.78 is 4.93. The molecule has 0 radical (unpaired) electrons. The van der Waals surface area contributed by atoms with Gasteiger partial charge in [-0.25, -0.2) is 9.97 Å². The van der Waals surface area contributed by atoms with Crippen LogP contribution in [0.2, 0.25) is 0 Å². The van der Waals surface area contributed by atoms with Crippen molar-refractivity contribution in [3.63, 3.8) is 0 Å². The zero-order valence-electron chi connectivity index (χ0n) is 12.1. The highest BCUT2D eigenvalue weighted by Gasteiger charge is 2.08. The lowest BCUT2D eigenvalue weighted by molar-refractivity contribution is 0.102. The molecule has 2 aromatic rings. The number of anilines is 2. The highest BCUT2D eigenvalue weighted by atomic mass is 16.5. The number of benzene rings is 1. The van der Waals surface area contributed by atoms with E-state index in [1.54, 1.807) is 7.11 Å². The van der Waals surface area contributed by atoms with E-state index >= 15 is 0 Å². The summed E-state index contributed by atoms with van der Waals surface area (Å²) in [6.07, 6.45) is 2.97. The van der Waals surface area contributed by atoms with E-state index in [1.807, 2.05) is 31.2 Å². The average molecular weight is 286 g/mol. The van der Waals surface area contributed by atoms with Crippen LogP contribution in [-0.2, 0) is 4.74 Å². The molecular weight excluding hydrogens is 268 g/mol. The zero-order valence-corrected chi connectivity index (χ0v) is 12.1. The summed E-state index contributed by atoms with van der Waals surface area (Å²) in [7, 11) is 1.63. The smallest absolute Gasteiger partial charge is 0.275 e. The number of aryl methyl sites for hydroxylation is 1. The van der Waals surface area contributed by atoms with E-state index in [0.29, 0.717) is 19.0 Å². The van der Waals surface area contributed by atoms with Gasteiger partial charge in [0.1, 0.15) is 11.5 Å². The molecule has 6 heteroatoms. The normalized spacial score (nSPS) is 10.2. The van der Waals surface area contributed by atoms with Crippen molar-refractivity contribution in [3.05, 3.63) is 47.9 Å². The topological polar surface area (TPSA) is 76.1 Å². The van der Waals surface area contributed by atoms with Crippen LogP contribution in [0.5, 0.6) is 0 Å². The molecule has 1 heterocycles. The summed E-state index contributed by atoms with van der Waals surface area (Å²) in [5.41, 5.74) is 2.14. The van der Waals surface area contributed by atoms with E-state index in [1.165, 1.54) is 12.4 Å². The number of ether oxygens (including phenoxy) is 1. The Morgan fingerprint density at radius 1 is 1.19 bits per heavy atom. The predicted octanol–water partition coefficient (Wildman–Crippen LogP) is 2.10. The Hall–Kier alpha value is -2.47. The van der Waals surface area contributed by atoms with Gasteiger partial charge in [0.15, 0.2) is 0 Å². The van der Waals surface area contributed by atoms with Crippen LogP contribution in [0.25, 0.3) is 0 Å². The first-order chi connectivity index (χ1) is 10.2. The van der Waals surface area contributed by atoms with Gasteiger partial charge in [-0.05, 0) is 19.1 Å². The van der Waals surface area contributed by atoms with E-state index in [9.17, 15) is 4.79 Å². The molecule has 0 aliphatic heterocycles. The minimum absolute atomic E-state index is 0.271. The molecule has 6 nitrogen and oxygen atoms in total. The SMILES string of the molecule is COCCNc1cnc(C(=O)Nc2ccc(C)cc2)cn1. The van der Waals surface area contributed by atoms with Gasteiger partial charge in [-0.15, -0.1) is 0 Å². The molecule has 0 aliphatic rings. The Morgan fingerprint density at radius 3 is 2.57 bits per heavy atom. The summed E-state index contributed by atoms with van der Waals surface area (Å²) in [4.78, 5) is 20.2. The lowest BCUT2D eigenvalue weighted by Gasteiger charge is -2.06. The average Bonchev–Trinajstić information content (AvgIpc) is 2.50. The maximum atomic E-state index is 12.0. The molecule has 1 aromatic carbocycles. The maximum Gasteiger partial charge on any atom is 0.275 e. The number of carbonyl (C=O) groups excluding carboxylic acids is 1. The molecule has 1 aromatic heterocycles. The molecule has 0 spiro atoms. The van der Waals surface area contributed by atoms with Crippen molar-refractivity contribution >= 4 is 17.4 Å². The molecule has 0 saturated heterocycles. The molecule has 0 saturated carbocycles. The Balaban J connectivity index is 1.94. The second kappa shape index (κ2) is 7.35. The minimum Gasteiger partial charge on any atom is -0.383 e. The van der Waals surface area contributed by atoms with Crippen molar-refractivity contribution in [2.75, 3.05) is 30.9 Å². The molecule has 0 unspecified atom stereocenters. The van der Waals surface area contributed by atoms with Gasteiger partial charge in [0.2, 0.25) is 0 Å². The fraction of sp³-hybridized carbons (Fsp3) is 0.267. The molecule has 2 N–H and O–H groups in total. The van der Waals surface area contributed by atoms with Crippen LogP contribution >= 0.6 is 0 Å². The van der Waals surface area contributed by atoms with Crippen LogP contribution in [0, 0.1) is 6.92 Å². The number of carbonyl (C=O) groups is 1. The van der Waals surface area contributed by atoms with E-state index in [4.69, 9.17) is 4.74 Å². The molecule has 0 fully saturated rings. The summed E-state index contributed by atoms with van der Waals surface area (Å²) in [6, 6.07) is 7.57. The summed E-state index contributed by atoms with van der Waals surface area (Å²) in [5, 5.41) is 5.81. The Labute approximate surface area is 123 Å². The van der Waals surface area contributed by atoms with Gasteiger partial charge in [-0.1, -0.05) is 17.7 Å². The number of amides is 1. The molecule has 0 aliphatic carbocycles. The van der Waals surface area contributed by atoms with Crippen molar-refractivity contribution in [2.45, 2.75) is 6.92 Å². The fourth-order valence-corrected chi connectivity index (χ4v) is 1.65. The van der Waals surface area contributed by atoms with Crippen LogP contribution in [0.15, 0.2) is 36.7 Å². The van der Waals surface area contributed by atoms with Gasteiger partial charge in [0.05, 0.1) is 19.0 Å². The fourth-order valence-electron chi connectivity index (χ4n) is 1.65. The third-order valence-corrected chi connectivity index (χ3v) is 2.81. The third-order valence-electron chi connectivity index (χ3n) is 2.81. The van der Waals surface area contributed by atoms with Gasteiger partial charge < -0.3 is 15.4 Å². The highest BCUT2D eigenvalue weighted by Crippen LogP contribution is 2.10. The van der Waals surface area contributed by atoms with E-state index < -0.39 is 0 Å². The molecule has 21 heavy (non-hydrogen) atoms. The number of hydrogen-bond donors (Lipinski definition) is 2. The number of nitrogens with zero attached hydrogens (tertiary/aromatic N) is 2. The minimum atomic E-state index is -0.283. The highest BCUT2D eigenvalue weighted by molar-refractivity contribution is 6.02. The van der Waals surface area contributed by atoms with Crippen molar-refractivity contribution < 1.29 is 9.53 Å². The van der Waals surface area contributed by atoms with Gasteiger partial charge in [0, 0.05) is 19.3 Å². The summed E-state index contributed by atoms with van der Waals surface area (Å²) >= 11 is 0. The molecule has 110 valence electrons. The van der Waals surface area contributed by atoms with Crippen LogP contribution in [0.4, 0.5) is 11.5 Å². The first kappa shape index (κ1) is 14.9. The first-order valence-corrected chi connectivity index (χ1v) is 6.62. The van der Waals surface area contributed by atoms with E-state index in [2.05, 4.69) is 20.6 Å². The second-order valence-corrected chi connectivity index (χ2v) is 4.53. The zero-order chi connectivity index (χ0) is 15.1. The largest absolute Gasteiger partial charge is 0.383 e. The van der Waals surface area contributed by atoms with Crippen molar-refractivity contribution in [1.82, 2.24) is 9.97 Å². The van der Waals surface area contributed by atoms with Gasteiger partial charge in [0.25, 0.3) is 5.91 Å². The second-order valence-electron chi connectivity index (χ2n) is 4.53. The first-order valence-electron chi connectivity index (χ1n) is 6.62. The third kappa shape index (κ3) is 4.54. The molecule has 0 atom stereocenters. The lowest BCUT2D eigenvalue weighted by Crippen LogP contribution is -2.15. The Kier molecular flexibility index (Phi) is 5.22. The van der Waals surface area contributed by atoms with Crippen molar-refractivity contribution in [2.24, 2.45) is 0 Å². The van der Waals surface area contributed by atoms with Crippen molar-refractivity contribution in [1.29, 1.82) is 0 Å². The van der Waals surface area contributed by atoms with Crippen molar-refractivity contribution in [3.8, 4) is 0 Å². The maximum absolute atomic E-state index is 12.0. The number of methoxy groups -OCH3 is 1. The number of rotatable bonds is 6. The van der Waals surface area contributed by atoms with Gasteiger partial charge in [-0.2, -0.15) is 0 Å². The monoisotopic (exact) mass is 286 g/mol. The van der Waals surface area contributed by atoms with E-state index in [0.717, 1.165) is 11.3 Å². The molecule has 1 amide bonds. The van der Waals surface area contributed by atoms with Crippen LogP contribution in [0.1, 0.15) is 16.1 Å². The van der Waals surface area contributed by atoms with Gasteiger partial charge in [-0.3, -0.25) is 4.79 Å². The van der Waals surface area contributed by atoms with E-state index in [-0.39, 0.29) is 11.6 Å². The molecular formula is C15H18N4O2. The number of aromatic nitrogens is 2. The summed E-state index contributed by atoms with van der Waals surface area (Å²) in [6.45, 7) is 3.21. The number of nitrogens with one attached hydrogen (secondary N) is 2. The van der Waals surface area contributed by atoms with Crippen LogP contribution < -0.4 is 10.6 Å². The Morgan fingerprint density at radius 2 is 1.95 bits per heavy atom. The standard InChI is InChI=1S/C15H18N4O2/c1-11-3-5-12(6-4-11)19-15(20)13-9-18-14(10-17-13)16-7-8-21-2/h3-6,9-10H,7-8H2,1-2H3,(H,16,18)(H,19,20). The number of hydrogen-bond acceptors (Lipinski definition) is 5. The quantitative estimate of drug-likeness (QED) is 0.795. The van der Waals surface area contributed by atoms with Gasteiger partial charge >= 0.3 is 0 Å².